The predicted molar refractivity (Wildman–Crippen MR) is 70.7 cm³/mol. The number of nitrogens with one attached hydrogen (secondary N) is 2. The minimum atomic E-state index is 0.526. The minimum absolute atomic E-state index is 0.526. The van der Waals surface area contributed by atoms with Crippen molar-refractivity contribution in [1.82, 2.24) is 10.2 Å². The Morgan fingerprint density at radius 1 is 1.41 bits per heavy atom. The molecule has 4 nitrogen and oxygen atoms in total. The van der Waals surface area contributed by atoms with Gasteiger partial charge in [-0.25, -0.2) is 0 Å². The first-order chi connectivity index (χ1) is 8.19. The van der Waals surface area contributed by atoms with Crippen LogP contribution in [0.2, 0.25) is 0 Å². The summed E-state index contributed by atoms with van der Waals surface area (Å²) in [6.07, 6.45) is 0. The van der Waals surface area contributed by atoms with Crippen LogP contribution in [-0.4, -0.2) is 45.2 Å². The second-order valence-electron chi connectivity index (χ2n) is 4.77. The van der Waals surface area contributed by atoms with Crippen LogP contribution >= 0.6 is 0 Å². The summed E-state index contributed by atoms with van der Waals surface area (Å²) < 4.78 is 5.38. The highest BCUT2D eigenvalue weighted by molar-refractivity contribution is 5.59. The van der Waals surface area contributed by atoms with E-state index in [4.69, 9.17) is 4.74 Å². The molecule has 1 heterocycles. The zero-order chi connectivity index (χ0) is 12.3. The van der Waals surface area contributed by atoms with Crippen molar-refractivity contribution < 1.29 is 4.74 Å². The molecule has 0 atom stereocenters. The lowest BCUT2D eigenvalue weighted by Crippen LogP contribution is -2.51. The average molecular weight is 235 g/mol. The average Bonchev–Trinajstić information content (AvgIpc) is 2.23. The molecule has 2 rings (SSSR count). The molecule has 0 saturated carbocycles. The zero-order valence-electron chi connectivity index (χ0n) is 10.8. The topological polar surface area (TPSA) is 36.5 Å². The van der Waals surface area contributed by atoms with E-state index in [9.17, 15) is 0 Å². The van der Waals surface area contributed by atoms with Gasteiger partial charge in [-0.2, -0.15) is 0 Å². The van der Waals surface area contributed by atoms with Crippen molar-refractivity contribution >= 4 is 5.69 Å². The molecule has 4 heteroatoms. The van der Waals surface area contributed by atoms with Crippen molar-refractivity contribution in [3.05, 3.63) is 23.8 Å². The highest BCUT2D eigenvalue weighted by Crippen LogP contribution is 2.27. The monoisotopic (exact) mass is 235 g/mol. The zero-order valence-corrected chi connectivity index (χ0v) is 10.8. The van der Waals surface area contributed by atoms with E-state index in [0.29, 0.717) is 6.04 Å². The molecule has 1 aliphatic rings. The van der Waals surface area contributed by atoms with E-state index in [2.05, 4.69) is 41.8 Å². The Labute approximate surface area is 103 Å². The third kappa shape index (κ3) is 3.11. The van der Waals surface area contributed by atoms with Crippen LogP contribution in [0, 0.1) is 0 Å². The van der Waals surface area contributed by atoms with E-state index in [1.54, 1.807) is 7.11 Å². The normalized spacial score (nSPS) is 15.8. The lowest BCUT2D eigenvalue weighted by molar-refractivity contribution is 0.399. The first-order valence-electron chi connectivity index (χ1n) is 5.98. The molecule has 0 spiro atoms. The van der Waals surface area contributed by atoms with Crippen molar-refractivity contribution in [2.45, 2.75) is 12.6 Å². The van der Waals surface area contributed by atoms with Gasteiger partial charge in [-0.05, 0) is 31.8 Å². The molecule has 0 bridgehead atoms. The highest BCUT2D eigenvalue weighted by Gasteiger charge is 2.17. The molecule has 1 aromatic rings. The van der Waals surface area contributed by atoms with Gasteiger partial charge in [0.25, 0.3) is 0 Å². The maximum atomic E-state index is 5.38. The molecule has 17 heavy (non-hydrogen) atoms. The summed E-state index contributed by atoms with van der Waals surface area (Å²) in [6.45, 7) is 3.00. The van der Waals surface area contributed by atoms with Crippen LogP contribution in [0.1, 0.15) is 5.56 Å². The van der Waals surface area contributed by atoms with Crippen LogP contribution in [0.25, 0.3) is 0 Å². The Morgan fingerprint density at radius 3 is 2.71 bits per heavy atom. The fourth-order valence-electron chi connectivity index (χ4n) is 1.94. The van der Waals surface area contributed by atoms with E-state index < -0.39 is 0 Å². The van der Waals surface area contributed by atoms with Gasteiger partial charge in [0.1, 0.15) is 5.75 Å². The lowest BCUT2D eigenvalue weighted by Gasteiger charge is -2.29. The molecule has 2 N–H and O–H groups in total. The molecular weight excluding hydrogens is 214 g/mol. The Kier molecular flexibility index (Phi) is 3.86. The predicted octanol–water partition coefficient (Wildman–Crippen LogP) is 1.14. The van der Waals surface area contributed by atoms with Gasteiger partial charge in [-0.3, -0.25) is 0 Å². The van der Waals surface area contributed by atoms with Crippen LogP contribution < -0.4 is 15.4 Å². The summed E-state index contributed by atoms with van der Waals surface area (Å²) in [6, 6.07) is 6.85. The number of rotatable bonds is 5. The summed E-state index contributed by atoms with van der Waals surface area (Å²) >= 11 is 0. The van der Waals surface area contributed by atoms with Crippen molar-refractivity contribution in [2.24, 2.45) is 0 Å². The molecule has 0 amide bonds. The first kappa shape index (κ1) is 12.2. The highest BCUT2D eigenvalue weighted by atomic mass is 16.5. The number of nitrogens with zero attached hydrogens (tertiary/aromatic N) is 1. The largest absolute Gasteiger partial charge is 0.495 e. The summed E-state index contributed by atoms with van der Waals surface area (Å²) in [4.78, 5) is 2.16. The maximum absolute atomic E-state index is 5.38. The fraction of sp³-hybridized carbons (Fsp3) is 0.538. The number of hydrogen-bond acceptors (Lipinski definition) is 4. The Balaban J connectivity index is 2.13. The van der Waals surface area contributed by atoms with Gasteiger partial charge in [0.05, 0.1) is 18.8 Å². The molecule has 0 radical (unpaired) electrons. The van der Waals surface area contributed by atoms with Crippen LogP contribution in [-0.2, 0) is 6.54 Å². The van der Waals surface area contributed by atoms with E-state index >= 15 is 0 Å². The fourth-order valence-corrected chi connectivity index (χ4v) is 1.94. The lowest BCUT2D eigenvalue weighted by atomic mass is 10.1. The first-order valence-corrected chi connectivity index (χ1v) is 5.98. The van der Waals surface area contributed by atoms with E-state index in [-0.39, 0.29) is 0 Å². The molecule has 1 fully saturated rings. The summed E-state index contributed by atoms with van der Waals surface area (Å²) in [5, 5.41) is 6.76. The molecule has 1 aromatic carbocycles. The van der Waals surface area contributed by atoms with Gasteiger partial charge in [-0.15, -0.1) is 0 Å². The van der Waals surface area contributed by atoms with Crippen molar-refractivity contribution in [1.29, 1.82) is 0 Å². The molecule has 94 valence electrons. The van der Waals surface area contributed by atoms with Gasteiger partial charge < -0.3 is 20.3 Å². The van der Waals surface area contributed by atoms with Crippen molar-refractivity contribution in [2.75, 3.05) is 39.6 Å². The van der Waals surface area contributed by atoms with Gasteiger partial charge in [0, 0.05) is 19.6 Å². The Hall–Kier alpha value is -1.26. The van der Waals surface area contributed by atoms with Crippen LogP contribution in [0.3, 0.4) is 0 Å². The molecular formula is C13H21N3O. The third-order valence-electron chi connectivity index (χ3n) is 2.90. The Bertz CT molecular complexity index is 375. The minimum Gasteiger partial charge on any atom is -0.495 e. The SMILES string of the molecule is COc1ccc(CN(C)C)cc1NC1CNC1. The summed E-state index contributed by atoms with van der Waals surface area (Å²) in [5.74, 6) is 0.916. The number of anilines is 1. The standard InChI is InChI=1S/C13H21N3O/c1-16(2)9-10-4-5-13(17-3)12(6-10)15-11-7-14-8-11/h4-6,11,14-15H,7-9H2,1-3H3. The third-order valence-corrected chi connectivity index (χ3v) is 2.90. The second kappa shape index (κ2) is 5.38. The molecule has 0 aliphatic carbocycles. The number of hydrogen-bond donors (Lipinski definition) is 2. The Morgan fingerprint density at radius 2 is 2.18 bits per heavy atom. The van der Waals surface area contributed by atoms with Crippen LogP contribution in [0.15, 0.2) is 18.2 Å². The molecule has 1 saturated heterocycles. The quantitative estimate of drug-likeness (QED) is 0.802. The summed E-state index contributed by atoms with van der Waals surface area (Å²) in [7, 11) is 5.87. The smallest absolute Gasteiger partial charge is 0.141 e. The van der Waals surface area contributed by atoms with Crippen LogP contribution in [0.4, 0.5) is 5.69 Å². The van der Waals surface area contributed by atoms with Crippen molar-refractivity contribution in [3.63, 3.8) is 0 Å². The van der Waals surface area contributed by atoms with Gasteiger partial charge in [0.15, 0.2) is 0 Å². The van der Waals surface area contributed by atoms with E-state index in [1.165, 1.54) is 5.56 Å². The van der Waals surface area contributed by atoms with Crippen LogP contribution in [0.5, 0.6) is 5.75 Å². The van der Waals surface area contributed by atoms with Gasteiger partial charge in [0.2, 0.25) is 0 Å². The molecule has 0 unspecified atom stereocenters. The number of methoxy groups -OCH3 is 1. The summed E-state index contributed by atoms with van der Waals surface area (Å²) in [5.41, 5.74) is 2.39. The molecule has 0 aromatic heterocycles. The number of ether oxygens (including phenoxy) is 1. The second-order valence-corrected chi connectivity index (χ2v) is 4.77. The molecule has 1 aliphatic heterocycles. The van der Waals surface area contributed by atoms with Crippen molar-refractivity contribution in [3.8, 4) is 5.75 Å². The number of benzene rings is 1. The van der Waals surface area contributed by atoms with E-state index in [1.807, 2.05) is 6.07 Å². The van der Waals surface area contributed by atoms with Gasteiger partial charge >= 0.3 is 0 Å². The maximum Gasteiger partial charge on any atom is 0.141 e. The van der Waals surface area contributed by atoms with E-state index in [0.717, 1.165) is 31.1 Å². The van der Waals surface area contributed by atoms with Gasteiger partial charge in [-0.1, -0.05) is 6.07 Å².